The van der Waals surface area contributed by atoms with Crippen molar-refractivity contribution in [3.05, 3.63) is 71.8 Å². The van der Waals surface area contributed by atoms with Crippen LogP contribution in [0.5, 0.6) is 0 Å². The van der Waals surface area contributed by atoms with E-state index in [1.54, 1.807) is 0 Å². The van der Waals surface area contributed by atoms with Crippen LogP contribution in [0.4, 0.5) is 0 Å². The van der Waals surface area contributed by atoms with Crippen molar-refractivity contribution >= 4 is 0 Å². The molecule has 0 saturated carbocycles. The molecule has 0 saturated heterocycles. The summed E-state index contributed by atoms with van der Waals surface area (Å²) in [6.45, 7) is 2.63. The highest BCUT2D eigenvalue weighted by Gasteiger charge is 2.13. The van der Waals surface area contributed by atoms with Crippen LogP contribution in [-0.2, 0) is 6.42 Å². The van der Waals surface area contributed by atoms with Gasteiger partial charge in [0.2, 0.25) is 0 Å². The van der Waals surface area contributed by atoms with Gasteiger partial charge in [0.25, 0.3) is 0 Å². The number of benzene rings is 2. The van der Waals surface area contributed by atoms with E-state index < -0.39 is 0 Å². The average molecular weight is 269 g/mol. The molecule has 2 atom stereocenters. The van der Waals surface area contributed by atoms with Crippen molar-refractivity contribution in [3.63, 3.8) is 0 Å². The molecule has 2 nitrogen and oxygen atoms in total. The molecule has 0 heterocycles. The van der Waals surface area contributed by atoms with Crippen LogP contribution in [0, 0.1) is 0 Å². The lowest BCUT2D eigenvalue weighted by molar-refractivity contribution is 0.162. The van der Waals surface area contributed by atoms with Crippen LogP contribution in [0.2, 0.25) is 0 Å². The van der Waals surface area contributed by atoms with Crippen LogP contribution in [0.1, 0.15) is 30.5 Å². The third-order valence-electron chi connectivity index (χ3n) is 3.56. The third kappa shape index (κ3) is 4.48. The Balaban J connectivity index is 2.08. The zero-order valence-corrected chi connectivity index (χ0v) is 12.0. The van der Waals surface area contributed by atoms with Crippen LogP contribution >= 0.6 is 0 Å². The Morgan fingerprint density at radius 3 is 2.15 bits per heavy atom. The molecule has 2 unspecified atom stereocenters. The second-order valence-corrected chi connectivity index (χ2v) is 5.12. The van der Waals surface area contributed by atoms with Gasteiger partial charge in [-0.3, -0.25) is 0 Å². The van der Waals surface area contributed by atoms with Gasteiger partial charge in [0.05, 0.1) is 6.10 Å². The highest BCUT2D eigenvalue weighted by atomic mass is 16.3. The Morgan fingerprint density at radius 2 is 1.55 bits per heavy atom. The molecule has 0 amide bonds. The quantitative estimate of drug-likeness (QED) is 0.808. The summed E-state index contributed by atoms with van der Waals surface area (Å²) >= 11 is 0. The molecule has 2 aromatic rings. The molecule has 0 bridgehead atoms. The average Bonchev–Trinajstić information content (AvgIpc) is 2.53. The molecular weight excluding hydrogens is 246 g/mol. The monoisotopic (exact) mass is 269 g/mol. The minimum atomic E-state index is -0.281. The van der Waals surface area contributed by atoms with Crippen molar-refractivity contribution in [2.45, 2.75) is 31.9 Å². The maximum Gasteiger partial charge on any atom is 0.0662 e. The first-order valence-electron chi connectivity index (χ1n) is 7.30. The number of hydrogen-bond donors (Lipinski definition) is 2. The Morgan fingerprint density at radius 1 is 0.950 bits per heavy atom. The predicted molar refractivity (Wildman–Crippen MR) is 83.6 cm³/mol. The molecule has 106 valence electrons. The van der Waals surface area contributed by atoms with Crippen molar-refractivity contribution in [1.82, 2.24) is 5.32 Å². The predicted octanol–water partition coefficient (Wildman–Crippen LogP) is 3.33. The summed E-state index contributed by atoms with van der Waals surface area (Å²) in [6, 6.07) is 21.1. The van der Waals surface area contributed by atoms with E-state index in [2.05, 4.69) is 53.8 Å². The van der Waals surface area contributed by atoms with Crippen molar-refractivity contribution in [2.75, 3.05) is 6.54 Å². The lowest BCUT2D eigenvalue weighted by Gasteiger charge is -2.21. The molecule has 0 fully saturated rings. The largest absolute Gasteiger partial charge is 0.392 e. The number of hydrogen-bond acceptors (Lipinski definition) is 2. The Labute approximate surface area is 121 Å². The molecule has 0 aliphatic heterocycles. The maximum absolute atomic E-state index is 9.76. The van der Waals surface area contributed by atoms with Gasteiger partial charge in [0.1, 0.15) is 0 Å². The normalized spacial score (nSPS) is 13.9. The maximum atomic E-state index is 9.76. The van der Waals surface area contributed by atoms with Gasteiger partial charge >= 0.3 is 0 Å². The molecule has 2 rings (SSSR count). The number of aliphatic hydroxyl groups is 1. The second-order valence-electron chi connectivity index (χ2n) is 5.12. The van der Waals surface area contributed by atoms with E-state index in [0.29, 0.717) is 6.54 Å². The number of rotatable bonds is 7. The van der Waals surface area contributed by atoms with Gasteiger partial charge in [-0.15, -0.1) is 0 Å². The highest BCUT2D eigenvalue weighted by Crippen LogP contribution is 2.18. The van der Waals surface area contributed by atoms with E-state index >= 15 is 0 Å². The fraction of sp³-hybridized carbons (Fsp3) is 0.333. The van der Waals surface area contributed by atoms with Gasteiger partial charge < -0.3 is 10.4 Å². The van der Waals surface area contributed by atoms with Crippen LogP contribution in [0.15, 0.2) is 60.7 Å². The van der Waals surface area contributed by atoms with Crippen molar-refractivity contribution < 1.29 is 5.11 Å². The van der Waals surface area contributed by atoms with E-state index in [4.69, 9.17) is 0 Å². The summed E-state index contributed by atoms with van der Waals surface area (Å²) in [5.74, 6) is 0. The molecule has 0 aliphatic rings. The fourth-order valence-electron chi connectivity index (χ4n) is 2.27. The minimum absolute atomic E-state index is 0.236. The van der Waals surface area contributed by atoms with E-state index in [9.17, 15) is 5.11 Å². The van der Waals surface area contributed by atoms with Gasteiger partial charge in [-0.1, -0.05) is 67.6 Å². The molecule has 2 N–H and O–H groups in total. The molecule has 2 heteroatoms. The van der Waals surface area contributed by atoms with E-state index in [1.807, 2.05) is 19.1 Å². The SMILES string of the molecule is CCC(O)CNC(Cc1ccccc1)c1ccccc1. The van der Waals surface area contributed by atoms with Gasteiger partial charge in [0, 0.05) is 12.6 Å². The summed E-state index contributed by atoms with van der Waals surface area (Å²) < 4.78 is 0. The van der Waals surface area contributed by atoms with E-state index in [-0.39, 0.29) is 12.1 Å². The number of aliphatic hydroxyl groups excluding tert-OH is 1. The lowest BCUT2D eigenvalue weighted by atomic mass is 9.98. The summed E-state index contributed by atoms with van der Waals surface area (Å²) in [7, 11) is 0. The summed E-state index contributed by atoms with van der Waals surface area (Å²) in [6.07, 6.45) is 1.43. The van der Waals surface area contributed by atoms with Crippen LogP contribution in [0.3, 0.4) is 0 Å². The Kier molecular flexibility index (Phi) is 5.78. The zero-order valence-electron chi connectivity index (χ0n) is 12.0. The Bertz CT molecular complexity index is 483. The van der Waals surface area contributed by atoms with Gasteiger partial charge in [-0.25, -0.2) is 0 Å². The molecule has 0 aliphatic carbocycles. The van der Waals surface area contributed by atoms with Crippen molar-refractivity contribution in [3.8, 4) is 0 Å². The summed E-state index contributed by atoms with van der Waals surface area (Å²) in [5.41, 5.74) is 2.57. The third-order valence-corrected chi connectivity index (χ3v) is 3.56. The topological polar surface area (TPSA) is 32.3 Å². The van der Waals surface area contributed by atoms with E-state index in [1.165, 1.54) is 11.1 Å². The minimum Gasteiger partial charge on any atom is -0.392 e. The van der Waals surface area contributed by atoms with Crippen molar-refractivity contribution in [1.29, 1.82) is 0 Å². The molecule has 0 spiro atoms. The Hall–Kier alpha value is -1.64. The van der Waals surface area contributed by atoms with Crippen LogP contribution in [0.25, 0.3) is 0 Å². The zero-order chi connectivity index (χ0) is 14.2. The first kappa shape index (κ1) is 14.8. The lowest BCUT2D eigenvalue weighted by Crippen LogP contribution is -2.31. The highest BCUT2D eigenvalue weighted by molar-refractivity contribution is 5.23. The smallest absolute Gasteiger partial charge is 0.0662 e. The molecule has 2 aromatic carbocycles. The molecule has 20 heavy (non-hydrogen) atoms. The summed E-state index contributed by atoms with van der Waals surface area (Å²) in [4.78, 5) is 0. The standard InChI is InChI=1S/C18H23NO/c1-2-17(20)14-19-18(16-11-7-4-8-12-16)13-15-9-5-3-6-10-15/h3-12,17-20H,2,13-14H2,1H3. The number of nitrogens with one attached hydrogen (secondary N) is 1. The van der Waals surface area contributed by atoms with Crippen molar-refractivity contribution in [2.24, 2.45) is 0 Å². The van der Waals surface area contributed by atoms with Gasteiger partial charge in [-0.05, 0) is 24.0 Å². The molecular formula is C18H23NO. The van der Waals surface area contributed by atoms with E-state index in [0.717, 1.165) is 12.8 Å². The van der Waals surface area contributed by atoms with Gasteiger partial charge in [0.15, 0.2) is 0 Å². The summed E-state index contributed by atoms with van der Waals surface area (Å²) in [5, 5.41) is 13.2. The molecule has 0 aromatic heterocycles. The molecule has 0 radical (unpaired) electrons. The van der Waals surface area contributed by atoms with Crippen LogP contribution < -0.4 is 5.32 Å². The van der Waals surface area contributed by atoms with Crippen LogP contribution in [-0.4, -0.2) is 17.8 Å². The first-order valence-corrected chi connectivity index (χ1v) is 7.30. The second kappa shape index (κ2) is 7.83. The fourth-order valence-corrected chi connectivity index (χ4v) is 2.27. The first-order chi connectivity index (χ1) is 9.79. The van der Waals surface area contributed by atoms with Gasteiger partial charge in [-0.2, -0.15) is 0 Å².